The normalized spacial score (nSPS) is 20.3. The zero-order valence-electron chi connectivity index (χ0n) is 33.0. The lowest BCUT2D eigenvalue weighted by Gasteiger charge is -2.20. The van der Waals surface area contributed by atoms with Gasteiger partial charge in [-0.3, -0.25) is 28.2 Å². The molecule has 1 aliphatic carbocycles. The van der Waals surface area contributed by atoms with E-state index in [-0.39, 0.29) is 31.0 Å². The number of carbonyl (C=O) groups excluding carboxylic acids is 3. The topological polar surface area (TPSA) is 229 Å². The number of esters is 2. The fourth-order valence-corrected chi connectivity index (χ4v) is 6.69. The number of phosphoric acid groups is 1. The molecule has 1 unspecified atom stereocenters. The molecule has 0 saturated heterocycles. The SMILES string of the molecule is CCCC/C=C\CCCCCCCC(=O)O[C@H](COC(=O)CCC/C=C\C[C@H]1[C@@H](O)CC(=O)[C@@H]1/C=C/[C@@H](O)CCCCC)COP(=O)(O)OC[C@H](N)C(=O)O. The van der Waals surface area contributed by atoms with Crippen LogP contribution in [0, 0.1) is 11.8 Å². The number of unbranched alkanes of at least 4 members (excludes halogenated alkanes) is 10. The third-order valence-corrected chi connectivity index (χ3v) is 10.2. The Kier molecular flexibility index (Phi) is 27.8. The summed E-state index contributed by atoms with van der Waals surface area (Å²) in [6.45, 7) is 2.35. The van der Waals surface area contributed by atoms with Crippen LogP contribution in [0.5, 0.6) is 0 Å². The Morgan fingerprint density at radius 2 is 1.45 bits per heavy atom. The molecule has 0 spiro atoms. The lowest BCUT2D eigenvalue weighted by atomic mass is 9.90. The lowest BCUT2D eigenvalue weighted by molar-refractivity contribution is -0.161. The predicted octanol–water partition coefficient (Wildman–Crippen LogP) is 6.64. The standard InChI is InChI=1S/C40H68NO13P/c1-3-5-7-8-9-10-11-12-13-14-20-24-39(46)54-32(29-52-55(49,50)53-30-35(41)40(47)48)28-51-38(45)23-19-16-15-18-22-33-34(37(44)27-36(33)43)26-25-31(42)21-17-6-4-2/h8-9,15,18,25-26,31-36,42-43H,3-7,10-14,16-17,19-24,27-30,41H2,1-2H3,(H,47,48)(H,49,50)/b9-8-,18-15-,26-25+/t31-,32+,33+,34+,35-,36-/m0/s1. The number of aliphatic hydroxyl groups excluding tert-OH is 2. The number of ketones is 1. The minimum atomic E-state index is -4.78. The third kappa shape index (κ3) is 25.2. The molecule has 1 aliphatic rings. The first-order chi connectivity index (χ1) is 26.3. The third-order valence-electron chi connectivity index (χ3n) is 9.24. The van der Waals surface area contributed by atoms with E-state index in [1.807, 2.05) is 12.2 Å². The van der Waals surface area contributed by atoms with Crippen LogP contribution in [0.3, 0.4) is 0 Å². The number of aliphatic hydroxyl groups is 2. The number of hydrogen-bond donors (Lipinski definition) is 5. The molecule has 1 rings (SSSR count). The number of phosphoric ester groups is 1. The first kappa shape index (κ1) is 50.3. The summed E-state index contributed by atoms with van der Waals surface area (Å²) >= 11 is 0. The van der Waals surface area contributed by atoms with E-state index in [1.54, 1.807) is 12.2 Å². The number of Topliss-reactive ketones (excluding diaryl/α,β-unsaturated/α-hetero) is 1. The number of carbonyl (C=O) groups is 4. The summed E-state index contributed by atoms with van der Waals surface area (Å²) in [5.41, 5.74) is 5.31. The Morgan fingerprint density at radius 1 is 0.836 bits per heavy atom. The fourth-order valence-electron chi connectivity index (χ4n) is 5.91. The van der Waals surface area contributed by atoms with Gasteiger partial charge < -0.3 is 35.4 Å². The molecule has 55 heavy (non-hydrogen) atoms. The number of allylic oxidation sites excluding steroid dienone is 5. The second-order valence-corrected chi connectivity index (χ2v) is 15.6. The Labute approximate surface area is 327 Å². The summed E-state index contributed by atoms with van der Waals surface area (Å²) in [5, 5.41) is 29.5. The summed E-state index contributed by atoms with van der Waals surface area (Å²) < 4.78 is 32.5. The lowest BCUT2D eigenvalue weighted by Crippen LogP contribution is -2.34. The van der Waals surface area contributed by atoms with Crippen LogP contribution in [0.1, 0.15) is 136 Å². The quantitative estimate of drug-likeness (QED) is 0.0203. The van der Waals surface area contributed by atoms with Crippen LogP contribution in [0.4, 0.5) is 0 Å². The molecule has 1 saturated carbocycles. The van der Waals surface area contributed by atoms with Crippen molar-refractivity contribution in [2.24, 2.45) is 17.6 Å². The maximum Gasteiger partial charge on any atom is 0.472 e. The molecule has 0 amide bonds. The van der Waals surface area contributed by atoms with E-state index in [2.05, 4.69) is 30.5 Å². The number of aliphatic carboxylic acids is 1. The molecule has 1 fully saturated rings. The number of ether oxygens (including phenoxy) is 2. The highest BCUT2D eigenvalue weighted by atomic mass is 31.2. The summed E-state index contributed by atoms with van der Waals surface area (Å²) in [7, 11) is -4.78. The van der Waals surface area contributed by atoms with Crippen molar-refractivity contribution in [1.82, 2.24) is 0 Å². The summed E-state index contributed by atoms with van der Waals surface area (Å²) in [6.07, 6.45) is 23.1. The van der Waals surface area contributed by atoms with Crippen LogP contribution < -0.4 is 5.73 Å². The van der Waals surface area contributed by atoms with Gasteiger partial charge in [-0.1, -0.05) is 102 Å². The number of carboxylic acid groups (broad SMARTS) is 1. The zero-order valence-corrected chi connectivity index (χ0v) is 33.9. The van der Waals surface area contributed by atoms with E-state index in [4.69, 9.17) is 24.8 Å². The van der Waals surface area contributed by atoms with Gasteiger partial charge in [0.05, 0.1) is 25.4 Å². The van der Waals surface area contributed by atoms with Gasteiger partial charge in [0.1, 0.15) is 18.4 Å². The Hall–Kier alpha value is -2.71. The highest BCUT2D eigenvalue weighted by Crippen LogP contribution is 2.43. The molecule has 15 heteroatoms. The van der Waals surface area contributed by atoms with E-state index in [0.29, 0.717) is 32.1 Å². The monoisotopic (exact) mass is 801 g/mol. The van der Waals surface area contributed by atoms with Gasteiger partial charge >= 0.3 is 25.7 Å². The molecule has 7 atom stereocenters. The predicted molar refractivity (Wildman–Crippen MR) is 209 cm³/mol. The molecule has 14 nitrogen and oxygen atoms in total. The average molecular weight is 802 g/mol. The van der Waals surface area contributed by atoms with Gasteiger partial charge in [0.2, 0.25) is 0 Å². The van der Waals surface area contributed by atoms with Gasteiger partial charge in [0.15, 0.2) is 6.10 Å². The van der Waals surface area contributed by atoms with Crippen molar-refractivity contribution < 1.29 is 62.5 Å². The molecule has 0 radical (unpaired) electrons. The van der Waals surface area contributed by atoms with E-state index < -0.39 is 75.8 Å². The van der Waals surface area contributed by atoms with Crippen LogP contribution in [0.25, 0.3) is 0 Å². The van der Waals surface area contributed by atoms with Gasteiger partial charge in [-0.2, -0.15) is 0 Å². The van der Waals surface area contributed by atoms with Gasteiger partial charge in [-0.25, -0.2) is 4.57 Å². The van der Waals surface area contributed by atoms with Crippen molar-refractivity contribution in [3.8, 4) is 0 Å². The number of rotatable bonds is 33. The smallest absolute Gasteiger partial charge is 0.472 e. The molecule has 0 aromatic heterocycles. The van der Waals surface area contributed by atoms with Gasteiger partial charge in [0, 0.05) is 31.1 Å². The van der Waals surface area contributed by atoms with Crippen LogP contribution >= 0.6 is 7.82 Å². The molecule has 316 valence electrons. The van der Waals surface area contributed by atoms with E-state index in [0.717, 1.165) is 57.8 Å². The Morgan fingerprint density at radius 3 is 2.16 bits per heavy atom. The fraction of sp³-hybridized carbons (Fsp3) is 0.750. The molecule has 0 bridgehead atoms. The molecule has 0 aliphatic heterocycles. The molecular weight excluding hydrogens is 733 g/mol. The maximum atomic E-state index is 12.6. The summed E-state index contributed by atoms with van der Waals surface area (Å²) in [5.74, 6) is -3.44. The minimum absolute atomic E-state index is 0.0287. The second kappa shape index (κ2) is 30.4. The maximum absolute atomic E-state index is 12.6. The van der Waals surface area contributed by atoms with Crippen LogP contribution in [-0.4, -0.2) is 88.1 Å². The van der Waals surface area contributed by atoms with Crippen LogP contribution in [0.15, 0.2) is 36.5 Å². The number of carboxylic acids is 1. The highest BCUT2D eigenvalue weighted by molar-refractivity contribution is 7.47. The molecular formula is C40H68NO13P. The van der Waals surface area contributed by atoms with E-state index in [1.165, 1.54) is 12.8 Å². The van der Waals surface area contributed by atoms with Crippen molar-refractivity contribution in [1.29, 1.82) is 0 Å². The Balaban J connectivity index is 2.56. The van der Waals surface area contributed by atoms with Crippen molar-refractivity contribution in [3.05, 3.63) is 36.5 Å². The molecule has 6 N–H and O–H groups in total. The van der Waals surface area contributed by atoms with Crippen LogP contribution in [-0.2, 0) is 42.3 Å². The zero-order chi connectivity index (χ0) is 40.9. The average Bonchev–Trinajstić information content (AvgIpc) is 3.41. The van der Waals surface area contributed by atoms with Gasteiger partial charge in [-0.15, -0.1) is 0 Å². The number of nitrogens with two attached hydrogens (primary N) is 1. The van der Waals surface area contributed by atoms with Gasteiger partial charge in [0.25, 0.3) is 0 Å². The van der Waals surface area contributed by atoms with Gasteiger partial charge in [-0.05, 0) is 51.4 Å². The first-order valence-electron chi connectivity index (χ1n) is 20.1. The molecule has 0 aromatic rings. The van der Waals surface area contributed by atoms with Crippen molar-refractivity contribution in [2.75, 3.05) is 19.8 Å². The Bertz CT molecular complexity index is 1240. The van der Waals surface area contributed by atoms with Crippen molar-refractivity contribution in [3.63, 3.8) is 0 Å². The molecule has 0 heterocycles. The van der Waals surface area contributed by atoms with Crippen molar-refractivity contribution >= 4 is 31.5 Å². The number of hydrogen-bond acceptors (Lipinski definition) is 12. The van der Waals surface area contributed by atoms with E-state index in [9.17, 15) is 38.8 Å². The van der Waals surface area contributed by atoms with E-state index >= 15 is 0 Å². The van der Waals surface area contributed by atoms with Crippen LogP contribution in [0.2, 0.25) is 0 Å². The first-order valence-corrected chi connectivity index (χ1v) is 21.6. The minimum Gasteiger partial charge on any atom is -0.480 e. The largest absolute Gasteiger partial charge is 0.480 e. The van der Waals surface area contributed by atoms with Crippen molar-refractivity contribution in [2.45, 2.75) is 160 Å². The highest BCUT2D eigenvalue weighted by Gasteiger charge is 2.39. The summed E-state index contributed by atoms with van der Waals surface area (Å²) in [6, 6.07) is -1.56. The second-order valence-electron chi connectivity index (χ2n) is 14.2. The molecule has 0 aromatic carbocycles. The summed E-state index contributed by atoms with van der Waals surface area (Å²) in [4.78, 5) is 58.4.